The molecule has 0 bridgehead atoms. The van der Waals surface area contributed by atoms with Crippen LogP contribution in [0.4, 0.5) is 0 Å². The highest BCUT2D eigenvalue weighted by Gasteiger charge is 2.21. The molecule has 1 atom stereocenters. The zero-order valence-corrected chi connectivity index (χ0v) is 10.0. The number of thioether (sulfide) groups is 1. The number of nitrogens with one attached hydrogen (secondary N) is 1. The van der Waals surface area contributed by atoms with Crippen LogP contribution in [0.5, 0.6) is 0 Å². The summed E-state index contributed by atoms with van der Waals surface area (Å²) in [4.78, 5) is 8.57. The van der Waals surface area contributed by atoms with Crippen LogP contribution in [0.3, 0.4) is 0 Å². The largest absolute Gasteiger partial charge is 0.314 e. The van der Waals surface area contributed by atoms with Gasteiger partial charge < -0.3 is 5.32 Å². The van der Waals surface area contributed by atoms with Crippen LogP contribution in [0.15, 0.2) is 12.5 Å². The van der Waals surface area contributed by atoms with Gasteiger partial charge in [0.1, 0.15) is 6.33 Å². The smallest absolute Gasteiger partial charge is 0.115 e. The van der Waals surface area contributed by atoms with Crippen LogP contribution in [0.2, 0.25) is 0 Å². The first-order chi connectivity index (χ1) is 7.29. The number of hydrogen-bond donors (Lipinski definition) is 1. The molecule has 1 unspecified atom stereocenters. The average Bonchev–Trinajstić information content (AvgIpc) is 2.30. The monoisotopic (exact) mass is 223 g/mol. The highest BCUT2D eigenvalue weighted by Crippen LogP contribution is 2.32. The molecule has 1 saturated heterocycles. The number of aromatic nitrogens is 2. The molecule has 3 nitrogen and oxygen atoms in total. The van der Waals surface area contributed by atoms with E-state index in [1.165, 1.54) is 17.0 Å². The molecule has 0 spiro atoms. The maximum atomic E-state index is 4.45. The van der Waals surface area contributed by atoms with Crippen molar-refractivity contribution in [3.8, 4) is 0 Å². The van der Waals surface area contributed by atoms with E-state index in [0.29, 0.717) is 11.2 Å². The molecule has 1 aliphatic heterocycles. The molecule has 0 saturated carbocycles. The molecule has 2 rings (SSSR count). The van der Waals surface area contributed by atoms with Crippen LogP contribution < -0.4 is 5.32 Å². The van der Waals surface area contributed by atoms with Crippen molar-refractivity contribution in [1.82, 2.24) is 15.3 Å². The van der Waals surface area contributed by atoms with Crippen molar-refractivity contribution in [3.63, 3.8) is 0 Å². The van der Waals surface area contributed by atoms with Crippen molar-refractivity contribution in [1.29, 1.82) is 0 Å². The second-order valence-corrected chi connectivity index (χ2v) is 5.39. The van der Waals surface area contributed by atoms with Crippen LogP contribution in [-0.2, 0) is 0 Å². The summed E-state index contributed by atoms with van der Waals surface area (Å²) in [5.41, 5.74) is 2.51. The first-order valence-electron chi connectivity index (χ1n) is 5.41. The van der Waals surface area contributed by atoms with Crippen molar-refractivity contribution in [3.05, 3.63) is 23.8 Å². The zero-order valence-electron chi connectivity index (χ0n) is 9.23. The van der Waals surface area contributed by atoms with E-state index in [0.717, 1.165) is 13.1 Å². The molecule has 2 heterocycles. The maximum absolute atomic E-state index is 4.45. The zero-order chi connectivity index (χ0) is 10.7. The maximum Gasteiger partial charge on any atom is 0.115 e. The van der Waals surface area contributed by atoms with Crippen LogP contribution in [0.25, 0.3) is 0 Å². The third-order valence-electron chi connectivity index (χ3n) is 2.63. The summed E-state index contributed by atoms with van der Waals surface area (Å²) in [6.07, 6.45) is 3.62. The molecular weight excluding hydrogens is 206 g/mol. The molecule has 0 aliphatic carbocycles. The van der Waals surface area contributed by atoms with Crippen LogP contribution >= 0.6 is 11.8 Å². The van der Waals surface area contributed by atoms with Gasteiger partial charge in [-0.2, -0.15) is 0 Å². The van der Waals surface area contributed by atoms with E-state index < -0.39 is 0 Å². The van der Waals surface area contributed by atoms with Crippen molar-refractivity contribution >= 4 is 11.8 Å². The van der Waals surface area contributed by atoms with Gasteiger partial charge in [0.25, 0.3) is 0 Å². The molecule has 0 radical (unpaired) electrons. The minimum absolute atomic E-state index is 0.499. The molecule has 1 fully saturated rings. The lowest BCUT2D eigenvalue weighted by atomic mass is 10.0. The molecule has 15 heavy (non-hydrogen) atoms. The van der Waals surface area contributed by atoms with E-state index in [2.05, 4.69) is 29.1 Å². The second-order valence-electron chi connectivity index (χ2n) is 4.08. The first kappa shape index (κ1) is 10.9. The summed E-state index contributed by atoms with van der Waals surface area (Å²) < 4.78 is 0. The molecule has 0 amide bonds. The molecule has 1 aromatic heterocycles. The number of hydrogen-bond acceptors (Lipinski definition) is 4. The lowest BCUT2D eigenvalue weighted by Gasteiger charge is -2.24. The SMILES string of the molecule is CC(C)c1cncnc1C1CNCCS1. The van der Waals surface area contributed by atoms with Gasteiger partial charge in [0.2, 0.25) is 0 Å². The van der Waals surface area contributed by atoms with Crippen molar-refractivity contribution in [2.45, 2.75) is 25.0 Å². The Labute approximate surface area is 95.1 Å². The summed E-state index contributed by atoms with van der Waals surface area (Å²) in [5, 5.41) is 3.92. The number of rotatable bonds is 2. The van der Waals surface area contributed by atoms with E-state index in [-0.39, 0.29) is 0 Å². The second kappa shape index (κ2) is 4.94. The Morgan fingerprint density at radius 3 is 3.07 bits per heavy atom. The fourth-order valence-electron chi connectivity index (χ4n) is 1.80. The summed E-state index contributed by atoms with van der Waals surface area (Å²) in [7, 11) is 0. The Hall–Kier alpha value is -0.610. The topological polar surface area (TPSA) is 37.8 Å². The average molecular weight is 223 g/mol. The quantitative estimate of drug-likeness (QED) is 0.832. The van der Waals surface area contributed by atoms with Crippen LogP contribution in [-0.4, -0.2) is 28.8 Å². The third-order valence-corrected chi connectivity index (χ3v) is 3.86. The van der Waals surface area contributed by atoms with E-state index in [1.807, 2.05) is 18.0 Å². The Balaban J connectivity index is 2.25. The Kier molecular flexibility index (Phi) is 3.59. The molecule has 4 heteroatoms. The van der Waals surface area contributed by atoms with Gasteiger partial charge in [-0.1, -0.05) is 13.8 Å². The Bertz CT molecular complexity index is 321. The van der Waals surface area contributed by atoms with E-state index in [1.54, 1.807) is 6.33 Å². The molecule has 1 aliphatic rings. The Morgan fingerprint density at radius 1 is 1.53 bits per heavy atom. The van der Waals surface area contributed by atoms with Crippen molar-refractivity contribution in [2.24, 2.45) is 0 Å². The van der Waals surface area contributed by atoms with Crippen molar-refractivity contribution in [2.75, 3.05) is 18.8 Å². The van der Waals surface area contributed by atoms with E-state index >= 15 is 0 Å². The van der Waals surface area contributed by atoms with Gasteiger partial charge in [0, 0.05) is 25.0 Å². The normalized spacial score (nSPS) is 21.9. The van der Waals surface area contributed by atoms with Gasteiger partial charge in [-0.05, 0) is 11.5 Å². The van der Waals surface area contributed by atoms with Gasteiger partial charge >= 0.3 is 0 Å². The Morgan fingerprint density at radius 2 is 2.40 bits per heavy atom. The van der Waals surface area contributed by atoms with Gasteiger partial charge in [0.05, 0.1) is 10.9 Å². The predicted molar refractivity (Wildman–Crippen MR) is 64.2 cm³/mol. The van der Waals surface area contributed by atoms with Gasteiger partial charge in [-0.3, -0.25) is 0 Å². The standard InChI is InChI=1S/C11H17N3S/c1-8(2)9-5-13-7-14-11(9)10-6-12-3-4-15-10/h5,7-8,10,12H,3-4,6H2,1-2H3. The molecule has 0 aromatic carbocycles. The number of nitrogens with zero attached hydrogens (tertiary/aromatic N) is 2. The van der Waals surface area contributed by atoms with Gasteiger partial charge in [0.15, 0.2) is 0 Å². The van der Waals surface area contributed by atoms with Crippen LogP contribution in [0, 0.1) is 0 Å². The first-order valence-corrected chi connectivity index (χ1v) is 6.46. The highest BCUT2D eigenvalue weighted by atomic mass is 32.2. The predicted octanol–water partition coefficient (Wildman–Crippen LogP) is 1.98. The lowest BCUT2D eigenvalue weighted by Crippen LogP contribution is -2.29. The third kappa shape index (κ3) is 2.49. The summed E-state index contributed by atoms with van der Waals surface area (Å²) in [6, 6.07) is 0. The summed E-state index contributed by atoms with van der Waals surface area (Å²) >= 11 is 2.00. The fourth-order valence-corrected chi connectivity index (χ4v) is 2.94. The molecule has 1 aromatic rings. The molecule has 1 N–H and O–H groups in total. The minimum Gasteiger partial charge on any atom is -0.314 e. The fraction of sp³-hybridized carbons (Fsp3) is 0.636. The van der Waals surface area contributed by atoms with Crippen molar-refractivity contribution < 1.29 is 0 Å². The highest BCUT2D eigenvalue weighted by molar-refractivity contribution is 7.99. The molecule has 82 valence electrons. The van der Waals surface area contributed by atoms with Gasteiger partial charge in [-0.15, -0.1) is 11.8 Å². The van der Waals surface area contributed by atoms with Gasteiger partial charge in [-0.25, -0.2) is 9.97 Å². The van der Waals surface area contributed by atoms with Crippen LogP contribution in [0.1, 0.15) is 36.3 Å². The summed E-state index contributed by atoms with van der Waals surface area (Å²) in [6.45, 7) is 6.54. The van der Waals surface area contributed by atoms with E-state index in [9.17, 15) is 0 Å². The molecular formula is C11H17N3S. The van der Waals surface area contributed by atoms with E-state index in [4.69, 9.17) is 0 Å². The lowest BCUT2D eigenvalue weighted by molar-refractivity contribution is 0.667. The summed E-state index contributed by atoms with van der Waals surface area (Å²) in [5.74, 6) is 1.68. The minimum atomic E-state index is 0.499.